The third-order valence-corrected chi connectivity index (χ3v) is 3.18. The Morgan fingerprint density at radius 2 is 2.30 bits per heavy atom. The second-order valence-corrected chi connectivity index (χ2v) is 4.92. The predicted octanol–water partition coefficient (Wildman–Crippen LogP) is 2.15. The average Bonchev–Trinajstić information content (AvgIpc) is 3.09. The number of thiazole rings is 1. The van der Waals surface area contributed by atoms with Crippen LogP contribution in [0.2, 0.25) is 0 Å². The largest absolute Gasteiger partial charge is 0.401 e. The van der Waals surface area contributed by atoms with Gasteiger partial charge in [0.15, 0.2) is 0 Å². The number of hydrogen-bond acceptors (Lipinski definition) is 7. The van der Waals surface area contributed by atoms with E-state index < -0.39 is 0 Å². The number of amides is 1. The molecule has 1 N–H and O–H groups in total. The molecule has 0 fully saturated rings. The number of anilines is 1. The molecule has 3 heterocycles. The van der Waals surface area contributed by atoms with Gasteiger partial charge in [-0.2, -0.15) is 0 Å². The molecule has 0 radical (unpaired) electrons. The van der Waals surface area contributed by atoms with Gasteiger partial charge in [0.1, 0.15) is 5.69 Å². The maximum atomic E-state index is 11.9. The Morgan fingerprint density at radius 3 is 3.00 bits per heavy atom. The fraction of sp³-hybridized carbons (Fsp3) is 0.0833. The summed E-state index contributed by atoms with van der Waals surface area (Å²) >= 11 is 1.48. The van der Waals surface area contributed by atoms with Gasteiger partial charge < -0.3 is 4.42 Å². The second kappa shape index (κ2) is 5.17. The molecular weight excluding hydrogens is 278 g/mol. The zero-order chi connectivity index (χ0) is 13.9. The van der Waals surface area contributed by atoms with Crippen LogP contribution in [0.15, 0.2) is 34.3 Å². The van der Waals surface area contributed by atoms with Crippen LogP contribution in [0.3, 0.4) is 0 Å². The Balaban J connectivity index is 1.76. The van der Waals surface area contributed by atoms with E-state index in [0.29, 0.717) is 11.3 Å². The summed E-state index contributed by atoms with van der Waals surface area (Å²) in [6.45, 7) is 1.88. The van der Waals surface area contributed by atoms with Crippen LogP contribution < -0.4 is 5.32 Å². The number of aromatic nitrogens is 4. The zero-order valence-corrected chi connectivity index (χ0v) is 11.2. The first-order valence-electron chi connectivity index (χ1n) is 5.70. The van der Waals surface area contributed by atoms with Crippen molar-refractivity contribution in [2.45, 2.75) is 6.92 Å². The summed E-state index contributed by atoms with van der Waals surface area (Å²) in [7, 11) is 0. The maximum Gasteiger partial charge on any atom is 0.322 e. The number of nitrogens with zero attached hydrogens (tertiary/aromatic N) is 4. The summed E-state index contributed by atoms with van der Waals surface area (Å²) in [5, 5.41) is 12.8. The molecule has 0 spiro atoms. The molecular formula is C12H9N5O2S. The smallest absolute Gasteiger partial charge is 0.322 e. The average molecular weight is 287 g/mol. The molecule has 0 unspecified atom stereocenters. The Hall–Kier alpha value is -2.61. The first-order chi connectivity index (χ1) is 9.72. The molecule has 0 saturated heterocycles. The zero-order valence-electron chi connectivity index (χ0n) is 10.4. The van der Waals surface area contributed by atoms with Crippen LogP contribution in [0.5, 0.6) is 0 Å². The van der Waals surface area contributed by atoms with Crippen LogP contribution in [0, 0.1) is 6.92 Å². The van der Waals surface area contributed by atoms with Crippen molar-refractivity contribution in [1.29, 1.82) is 0 Å². The van der Waals surface area contributed by atoms with Gasteiger partial charge >= 0.3 is 6.01 Å². The molecule has 0 aromatic carbocycles. The minimum absolute atomic E-state index is 0.0273. The van der Waals surface area contributed by atoms with E-state index in [2.05, 4.69) is 25.5 Å². The fourth-order valence-electron chi connectivity index (χ4n) is 1.51. The summed E-state index contributed by atoms with van der Waals surface area (Å²) in [5.74, 6) is -0.0846. The minimum Gasteiger partial charge on any atom is -0.401 e. The minimum atomic E-state index is -0.359. The van der Waals surface area contributed by atoms with E-state index in [1.54, 1.807) is 18.3 Å². The predicted molar refractivity (Wildman–Crippen MR) is 72.3 cm³/mol. The van der Waals surface area contributed by atoms with Gasteiger partial charge in [-0.1, -0.05) is 5.10 Å². The van der Waals surface area contributed by atoms with Gasteiger partial charge in [-0.25, -0.2) is 4.98 Å². The van der Waals surface area contributed by atoms with Crippen molar-refractivity contribution < 1.29 is 9.21 Å². The van der Waals surface area contributed by atoms with Crippen LogP contribution in [-0.4, -0.2) is 26.1 Å². The summed E-state index contributed by atoms with van der Waals surface area (Å²) in [4.78, 5) is 20.0. The Labute approximate surface area is 117 Å². The van der Waals surface area contributed by atoms with Gasteiger partial charge in [-0.05, 0) is 19.1 Å². The summed E-state index contributed by atoms with van der Waals surface area (Å²) in [6, 6.07) is 3.34. The molecule has 1 amide bonds. The number of carbonyl (C=O) groups is 1. The van der Waals surface area contributed by atoms with Gasteiger partial charge in [-0.3, -0.25) is 15.1 Å². The van der Waals surface area contributed by atoms with E-state index in [0.717, 1.165) is 5.01 Å². The molecule has 7 nitrogen and oxygen atoms in total. The fourth-order valence-corrected chi connectivity index (χ4v) is 2.09. The molecule has 3 aromatic rings. The SMILES string of the molecule is Cc1nc(-c2nnc(NC(=O)c3cccnc3)o2)cs1. The van der Waals surface area contributed by atoms with E-state index in [4.69, 9.17) is 4.42 Å². The maximum absolute atomic E-state index is 11.9. The van der Waals surface area contributed by atoms with Gasteiger partial charge in [0.2, 0.25) is 0 Å². The highest BCUT2D eigenvalue weighted by molar-refractivity contribution is 7.09. The first-order valence-corrected chi connectivity index (χ1v) is 6.58. The molecule has 20 heavy (non-hydrogen) atoms. The van der Waals surface area contributed by atoms with Crippen molar-refractivity contribution in [2.75, 3.05) is 5.32 Å². The van der Waals surface area contributed by atoms with Crippen LogP contribution >= 0.6 is 11.3 Å². The molecule has 8 heteroatoms. The van der Waals surface area contributed by atoms with E-state index >= 15 is 0 Å². The number of rotatable bonds is 3. The molecule has 0 saturated carbocycles. The van der Waals surface area contributed by atoms with E-state index in [9.17, 15) is 4.79 Å². The van der Waals surface area contributed by atoms with Crippen molar-refractivity contribution in [3.05, 3.63) is 40.5 Å². The highest BCUT2D eigenvalue weighted by Gasteiger charge is 2.14. The van der Waals surface area contributed by atoms with Crippen molar-refractivity contribution >= 4 is 23.3 Å². The molecule has 3 rings (SSSR count). The summed E-state index contributed by atoms with van der Waals surface area (Å²) in [5.41, 5.74) is 1.01. The van der Waals surface area contributed by atoms with Gasteiger partial charge in [0, 0.05) is 17.8 Å². The summed E-state index contributed by atoms with van der Waals surface area (Å²) < 4.78 is 5.34. The van der Waals surface area contributed by atoms with Crippen LogP contribution in [-0.2, 0) is 0 Å². The second-order valence-electron chi connectivity index (χ2n) is 3.86. The molecule has 3 aromatic heterocycles. The molecule has 0 bridgehead atoms. The topological polar surface area (TPSA) is 93.8 Å². The number of pyridine rings is 1. The Morgan fingerprint density at radius 1 is 1.40 bits per heavy atom. The number of hydrogen-bond donors (Lipinski definition) is 1. The van der Waals surface area contributed by atoms with Crippen LogP contribution in [0.25, 0.3) is 11.6 Å². The van der Waals surface area contributed by atoms with E-state index in [1.165, 1.54) is 17.5 Å². The standard InChI is InChI=1S/C12H9N5O2S/c1-7-14-9(6-20-7)11-16-17-12(19-11)15-10(18)8-3-2-4-13-5-8/h2-6H,1H3,(H,15,17,18). The molecule has 0 atom stereocenters. The normalized spacial score (nSPS) is 10.4. The Kier molecular flexibility index (Phi) is 3.21. The molecule has 0 aliphatic rings. The van der Waals surface area contributed by atoms with Gasteiger partial charge in [0.05, 0.1) is 10.6 Å². The molecule has 0 aliphatic carbocycles. The summed E-state index contributed by atoms with van der Waals surface area (Å²) in [6.07, 6.45) is 3.04. The third kappa shape index (κ3) is 2.54. The van der Waals surface area contributed by atoms with Crippen molar-refractivity contribution in [3.8, 4) is 11.6 Å². The van der Waals surface area contributed by atoms with Crippen molar-refractivity contribution in [1.82, 2.24) is 20.2 Å². The Bertz CT molecular complexity index is 737. The van der Waals surface area contributed by atoms with E-state index in [-0.39, 0.29) is 17.8 Å². The molecule has 0 aliphatic heterocycles. The highest BCUT2D eigenvalue weighted by Crippen LogP contribution is 2.21. The lowest BCUT2D eigenvalue weighted by molar-refractivity contribution is 0.102. The highest BCUT2D eigenvalue weighted by atomic mass is 32.1. The van der Waals surface area contributed by atoms with Crippen molar-refractivity contribution in [2.24, 2.45) is 0 Å². The van der Waals surface area contributed by atoms with Crippen LogP contribution in [0.1, 0.15) is 15.4 Å². The number of nitrogens with one attached hydrogen (secondary N) is 1. The monoisotopic (exact) mass is 287 g/mol. The first kappa shape index (κ1) is 12.4. The van der Waals surface area contributed by atoms with E-state index in [1.807, 2.05) is 12.3 Å². The number of aryl methyl sites for hydroxylation is 1. The van der Waals surface area contributed by atoms with Crippen LogP contribution in [0.4, 0.5) is 6.01 Å². The molecule has 100 valence electrons. The lowest BCUT2D eigenvalue weighted by atomic mass is 10.3. The lowest BCUT2D eigenvalue weighted by Gasteiger charge is -1.98. The number of carbonyl (C=O) groups excluding carboxylic acids is 1. The van der Waals surface area contributed by atoms with Crippen molar-refractivity contribution in [3.63, 3.8) is 0 Å². The lowest BCUT2D eigenvalue weighted by Crippen LogP contribution is -2.12. The quantitative estimate of drug-likeness (QED) is 0.793. The van der Waals surface area contributed by atoms with Gasteiger partial charge in [-0.15, -0.1) is 16.4 Å². The van der Waals surface area contributed by atoms with Gasteiger partial charge in [0.25, 0.3) is 11.8 Å². The third-order valence-electron chi connectivity index (χ3n) is 2.41.